The Bertz CT molecular complexity index is 2040. The molecule has 3 amide bonds. The molecule has 63 heavy (non-hydrogen) atoms. The van der Waals surface area contributed by atoms with Crippen molar-refractivity contribution in [3.63, 3.8) is 0 Å². The first-order valence-electron chi connectivity index (χ1n) is 21.7. The Kier molecular flexibility index (Phi) is 14.5. The van der Waals surface area contributed by atoms with Gasteiger partial charge in [-0.2, -0.15) is 0 Å². The van der Waals surface area contributed by atoms with Gasteiger partial charge in [-0.1, -0.05) is 75.2 Å². The van der Waals surface area contributed by atoms with Gasteiger partial charge in [-0.05, 0) is 75.0 Å². The van der Waals surface area contributed by atoms with Crippen molar-refractivity contribution in [3.05, 3.63) is 57.6 Å². The predicted octanol–water partition coefficient (Wildman–Crippen LogP) is 5.19. The molecule has 5 aliphatic rings. The van der Waals surface area contributed by atoms with Crippen molar-refractivity contribution >= 4 is 52.9 Å². The minimum Gasteiger partial charge on any atom is -0.511 e. The Hall–Kier alpha value is -3.93. The van der Waals surface area contributed by atoms with Crippen LogP contribution in [0.15, 0.2) is 41.8 Å². The summed E-state index contributed by atoms with van der Waals surface area (Å²) in [5, 5.41) is 38.7. The van der Waals surface area contributed by atoms with Gasteiger partial charge in [0.1, 0.15) is 40.9 Å². The van der Waals surface area contributed by atoms with Crippen molar-refractivity contribution < 1.29 is 58.2 Å². The Morgan fingerprint density at radius 3 is 2.38 bits per heavy atom. The molecule has 6 rings (SSSR count). The first-order valence-corrected chi connectivity index (χ1v) is 22.5. The summed E-state index contributed by atoms with van der Waals surface area (Å²) in [5.74, 6) is -5.29. The minimum absolute atomic E-state index is 0.00174. The van der Waals surface area contributed by atoms with Gasteiger partial charge in [0.2, 0.25) is 0 Å². The van der Waals surface area contributed by atoms with Crippen molar-refractivity contribution in [2.45, 2.75) is 141 Å². The van der Waals surface area contributed by atoms with E-state index in [4.69, 9.17) is 47.9 Å². The lowest BCUT2D eigenvalue weighted by Crippen LogP contribution is -2.65. The Labute approximate surface area is 377 Å². The van der Waals surface area contributed by atoms with E-state index >= 15 is 0 Å². The fourth-order valence-corrected chi connectivity index (χ4v) is 11.6. The molecule has 3 aliphatic carbocycles. The van der Waals surface area contributed by atoms with Crippen LogP contribution >= 0.6 is 23.2 Å². The van der Waals surface area contributed by atoms with Crippen LogP contribution in [0.5, 0.6) is 0 Å². The van der Waals surface area contributed by atoms with E-state index in [9.17, 15) is 39.3 Å². The van der Waals surface area contributed by atoms with Crippen LogP contribution in [-0.2, 0) is 33.3 Å². The normalized spacial score (nSPS) is 38.3. The van der Waals surface area contributed by atoms with Gasteiger partial charge in [0, 0.05) is 32.6 Å². The molecule has 1 aromatic heterocycles. The molecule has 0 unspecified atom stereocenters. The topological polar surface area (TPSA) is 240 Å². The first-order chi connectivity index (χ1) is 29.5. The monoisotopic (exact) mass is 920 g/mol. The maximum atomic E-state index is 14.9. The molecule has 3 heterocycles. The van der Waals surface area contributed by atoms with Crippen molar-refractivity contribution in [1.82, 2.24) is 15.2 Å². The van der Waals surface area contributed by atoms with E-state index in [1.54, 1.807) is 20.8 Å². The number of aliphatic hydroxyl groups is 3. The number of ether oxygens (including phenoxy) is 4. The zero-order chi connectivity index (χ0) is 46.6. The summed E-state index contributed by atoms with van der Waals surface area (Å²) in [6, 6.07) is -2.75. The number of hydrogen-bond donors (Lipinski definition) is 6. The summed E-state index contributed by atoms with van der Waals surface area (Å²) < 4.78 is 23.3. The number of H-pyrrole nitrogens is 1. The van der Waals surface area contributed by atoms with E-state index in [0.29, 0.717) is 19.3 Å². The minimum atomic E-state index is -1.78. The molecular formula is C45H62Cl2N4O12. The number of carbonyl (C=O) groups is 5. The van der Waals surface area contributed by atoms with Crippen LogP contribution in [0.25, 0.3) is 0 Å². The highest BCUT2D eigenvalue weighted by atomic mass is 35.5. The number of methoxy groups -OCH3 is 1. The van der Waals surface area contributed by atoms with E-state index in [-0.39, 0.29) is 63.6 Å². The summed E-state index contributed by atoms with van der Waals surface area (Å²) >= 11 is 12.2. The molecule has 0 radical (unpaired) electrons. The summed E-state index contributed by atoms with van der Waals surface area (Å²) in [6.45, 7) is 16.2. The molecule has 1 aromatic rings. The average Bonchev–Trinajstić information content (AvgIpc) is 3.68. The van der Waals surface area contributed by atoms with Gasteiger partial charge >= 0.3 is 12.1 Å². The number of aromatic nitrogens is 1. The number of nitrogens with two attached hydrogens (primary N) is 1. The maximum Gasteiger partial charge on any atom is 0.404 e. The molecule has 0 bridgehead atoms. The highest BCUT2D eigenvalue weighted by Crippen LogP contribution is 2.53. The lowest BCUT2D eigenvalue weighted by Gasteiger charge is -2.50. The second-order valence-electron chi connectivity index (χ2n) is 18.7. The number of primary amides is 1. The van der Waals surface area contributed by atoms with Crippen molar-refractivity contribution in [1.29, 1.82) is 0 Å². The number of aromatic amines is 1. The van der Waals surface area contributed by atoms with Gasteiger partial charge in [0.05, 0.1) is 40.4 Å². The fraction of sp³-hybridized carbons (Fsp3) is 0.667. The van der Waals surface area contributed by atoms with E-state index in [1.165, 1.54) is 25.1 Å². The maximum absolute atomic E-state index is 14.9. The number of ketones is 1. The average molecular weight is 922 g/mol. The summed E-state index contributed by atoms with van der Waals surface area (Å²) in [6.07, 6.45) is 0.536. The van der Waals surface area contributed by atoms with Crippen LogP contribution in [0, 0.1) is 41.4 Å². The fourth-order valence-electron chi connectivity index (χ4n) is 11.3. The van der Waals surface area contributed by atoms with Crippen LogP contribution in [0.2, 0.25) is 10.0 Å². The van der Waals surface area contributed by atoms with Crippen LogP contribution in [-0.4, -0.2) is 122 Å². The number of nitrogens with one attached hydrogen (secondary N) is 2. The second-order valence-corrected chi connectivity index (χ2v) is 19.5. The number of Topliss-reactive ketones (excluding diaryl/α,β-unsaturated/α-hetero) is 1. The molecule has 16 atom stereocenters. The number of esters is 1. The highest BCUT2D eigenvalue weighted by Gasteiger charge is 2.58. The zero-order valence-electron chi connectivity index (χ0n) is 37.0. The van der Waals surface area contributed by atoms with Crippen molar-refractivity contribution in [3.8, 4) is 0 Å². The molecule has 7 N–H and O–H groups in total. The van der Waals surface area contributed by atoms with Gasteiger partial charge < -0.3 is 55.2 Å². The Morgan fingerprint density at radius 1 is 1.11 bits per heavy atom. The number of hydrogen-bond acceptors (Lipinski definition) is 12. The molecular weight excluding hydrogens is 859 g/mol. The number of likely N-dealkylation sites (tertiary alicyclic amines) is 1. The molecule has 2 saturated heterocycles. The second kappa shape index (κ2) is 18.9. The van der Waals surface area contributed by atoms with E-state index < -0.39 is 108 Å². The quantitative estimate of drug-likeness (QED) is 0.0553. The van der Waals surface area contributed by atoms with Gasteiger partial charge in [0.25, 0.3) is 11.8 Å². The van der Waals surface area contributed by atoms with Gasteiger partial charge in [0.15, 0.2) is 11.9 Å². The number of fused-ring (bicyclic) bond motifs is 1. The smallest absolute Gasteiger partial charge is 0.404 e. The van der Waals surface area contributed by atoms with Crippen LogP contribution in [0.3, 0.4) is 0 Å². The molecule has 4 fully saturated rings. The SMILES string of the molecule is C=C1CC[C@@H](C[C@H]2C[C@@](O)([C@H](C)NC(=O)c3[nH]cc(Cl)c3Cl)[C@H](O)[C@@H](C)O2)[C@@H]2C=C[C@H](C)[C@@H](C(O)=C3C(=O)[C@H](C(C)C)N([C@H]4C[C@H](C)[C@H](OC(N)=O)[C@H](OC(C)=O)[C@@H]4OC)C3=O)[C@@H]12. The number of nitrogens with zero attached hydrogens (tertiary/aromatic N) is 1. The molecule has 348 valence electrons. The third-order valence-electron chi connectivity index (χ3n) is 14.3. The van der Waals surface area contributed by atoms with Crippen LogP contribution in [0.4, 0.5) is 4.79 Å². The number of aliphatic hydroxyl groups excluding tert-OH is 2. The number of amides is 3. The molecule has 2 aliphatic heterocycles. The summed E-state index contributed by atoms with van der Waals surface area (Å²) in [5.41, 5.74) is 4.20. The molecule has 2 saturated carbocycles. The van der Waals surface area contributed by atoms with Crippen molar-refractivity contribution in [2.75, 3.05) is 7.11 Å². The van der Waals surface area contributed by atoms with Crippen molar-refractivity contribution in [2.24, 2.45) is 47.2 Å². The van der Waals surface area contributed by atoms with Gasteiger partial charge in [-0.15, -0.1) is 0 Å². The third-order valence-corrected chi connectivity index (χ3v) is 15.1. The largest absolute Gasteiger partial charge is 0.511 e. The molecule has 16 nitrogen and oxygen atoms in total. The number of carbonyl (C=O) groups excluding carboxylic acids is 5. The standard InChI is InChI=1S/C45H62Cl2N4O12/c1-18(2)35-37(54)32(43(57)51(35)29-14-21(5)38(63-44(48)58)40(39(29)60-9)62-24(8)52)36(53)31-20(4)11-13-27-25(12-10-19(3)30(27)31)15-26-16-45(59,41(55)22(6)61-26)23(7)50-42(56)34-33(47)28(46)17-49-34/h11,13,17-18,20-23,25-27,29-31,35,38-41,49,53,55,59H,3,10,12,14-16H2,1-2,4-9H3,(H2,48,58)(H,50,56)/t20-,21-,22+,23-,25-,26-,27-,29-,30-,31+,35-,38-,39+,40-,41+,45+/m0/s1. The van der Waals surface area contributed by atoms with Crippen LogP contribution < -0.4 is 11.1 Å². The lowest BCUT2D eigenvalue weighted by molar-refractivity contribution is -0.222. The molecule has 0 spiro atoms. The zero-order valence-corrected chi connectivity index (χ0v) is 38.5. The lowest BCUT2D eigenvalue weighted by atomic mass is 9.58. The number of rotatable bonds is 11. The van der Waals surface area contributed by atoms with E-state index in [0.717, 1.165) is 5.57 Å². The number of halogens is 2. The van der Waals surface area contributed by atoms with E-state index in [2.05, 4.69) is 23.0 Å². The summed E-state index contributed by atoms with van der Waals surface area (Å²) in [7, 11) is 1.38. The third kappa shape index (κ3) is 9.04. The molecule has 18 heteroatoms. The summed E-state index contributed by atoms with van der Waals surface area (Å²) in [4.78, 5) is 71.1. The van der Waals surface area contributed by atoms with Gasteiger partial charge in [-0.3, -0.25) is 19.2 Å². The van der Waals surface area contributed by atoms with E-state index in [1.807, 2.05) is 26.8 Å². The number of allylic oxidation sites excluding steroid dienone is 4. The van der Waals surface area contributed by atoms with Gasteiger partial charge in [-0.25, -0.2) is 4.79 Å². The first kappa shape index (κ1) is 48.5. The molecule has 0 aromatic carbocycles. The predicted molar refractivity (Wildman–Crippen MR) is 231 cm³/mol. The Morgan fingerprint density at radius 2 is 1.79 bits per heavy atom. The highest BCUT2D eigenvalue weighted by molar-refractivity contribution is 6.43. The van der Waals surface area contributed by atoms with Crippen LogP contribution in [0.1, 0.15) is 91.1 Å². The Balaban J connectivity index is 1.28.